The van der Waals surface area contributed by atoms with Crippen molar-refractivity contribution in [3.63, 3.8) is 0 Å². The lowest BCUT2D eigenvalue weighted by Crippen LogP contribution is -2.08. The molecule has 1 atom stereocenters. The molecule has 0 radical (unpaired) electrons. The van der Waals surface area contributed by atoms with Crippen LogP contribution in [0.15, 0.2) is 0 Å². The maximum absolute atomic E-state index is 11.6. The van der Waals surface area contributed by atoms with Crippen LogP contribution in [-0.4, -0.2) is 19.8 Å². The Bertz CT molecular complexity index is 69.3. The molecule has 54 valence electrons. The maximum atomic E-state index is 11.6. The van der Waals surface area contributed by atoms with Crippen LogP contribution >= 0.6 is 0 Å². The van der Waals surface area contributed by atoms with Crippen LogP contribution in [0.25, 0.3) is 0 Å². The smallest absolute Gasteiger partial charge is 0.0894 e. The minimum Gasteiger partial charge on any atom is -0.316 e. The standard InChI is InChI=1S/C7H14FN/c8-4-1-2-7-3-5-9-6-7/h7,9H,1-6H2/t7-/m1/s1. The molecule has 1 fully saturated rings. The predicted molar refractivity (Wildman–Crippen MR) is 36.2 cm³/mol. The van der Waals surface area contributed by atoms with Gasteiger partial charge in [0.05, 0.1) is 6.67 Å². The first-order valence-electron chi connectivity index (χ1n) is 3.70. The molecule has 0 bridgehead atoms. The molecule has 0 amide bonds. The van der Waals surface area contributed by atoms with Crippen LogP contribution < -0.4 is 5.32 Å². The SMILES string of the molecule is FCCC[C@@H]1CCNC1. The van der Waals surface area contributed by atoms with Gasteiger partial charge in [-0.3, -0.25) is 4.39 Å². The molecule has 1 aliphatic rings. The summed E-state index contributed by atoms with van der Waals surface area (Å²) in [5.74, 6) is 0.765. The van der Waals surface area contributed by atoms with Gasteiger partial charge in [-0.05, 0) is 38.3 Å². The zero-order valence-corrected chi connectivity index (χ0v) is 5.70. The second-order valence-corrected chi connectivity index (χ2v) is 2.69. The van der Waals surface area contributed by atoms with E-state index in [0.29, 0.717) is 0 Å². The molecule has 9 heavy (non-hydrogen) atoms. The lowest BCUT2D eigenvalue weighted by molar-refractivity contribution is 0.417. The summed E-state index contributed by atoms with van der Waals surface area (Å²) >= 11 is 0. The molecule has 1 nitrogen and oxygen atoms in total. The first-order chi connectivity index (χ1) is 4.43. The summed E-state index contributed by atoms with van der Waals surface area (Å²) in [7, 11) is 0. The molecule has 1 rings (SSSR count). The second kappa shape index (κ2) is 3.83. The van der Waals surface area contributed by atoms with Crippen LogP contribution in [0.5, 0.6) is 0 Å². The van der Waals surface area contributed by atoms with Crippen molar-refractivity contribution < 1.29 is 4.39 Å². The van der Waals surface area contributed by atoms with Gasteiger partial charge in [-0.1, -0.05) is 0 Å². The lowest BCUT2D eigenvalue weighted by Gasteiger charge is -2.03. The monoisotopic (exact) mass is 131 g/mol. The van der Waals surface area contributed by atoms with Crippen molar-refractivity contribution in [3.8, 4) is 0 Å². The number of hydrogen-bond donors (Lipinski definition) is 1. The molecular formula is C7H14FN. The zero-order chi connectivity index (χ0) is 6.53. The van der Waals surface area contributed by atoms with E-state index in [1.165, 1.54) is 6.42 Å². The highest BCUT2D eigenvalue weighted by molar-refractivity contribution is 4.70. The molecule has 0 aromatic rings. The van der Waals surface area contributed by atoms with Crippen molar-refractivity contribution in [1.29, 1.82) is 0 Å². The van der Waals surface area contributed by atoms with E-state index in [-0.39, 0.29) is 6.67 Å². The van der Waals surface area contributed by atoms with E-state index < -0.39 is 0 Å². The summed E-state index contributed by atoms with van der Waals surface area (Å²) < 4.78 is 11.6. The quantitative estimate of drug-likeness (QED) is 0.609. The van der Waals surface area contributed by atoms with E-state index in [0.717, 1.165) is 31.8 Å². The molecular weight excluding hydrogens is 117 g/mol. The third kappa shape index (κ3) is 2.31. The number of alkyl halides is 1. The van der Waals surface area contributed by atoms with Gasteiger partial charge in [0.15, 0.2) is 0 Å². The number of nitrogens with one attached hydrogen (secondary N) is 1. The van der Waals surface area contributed by atoms with Gasteiger partial charge in [0, 0.05) is 0 Å². The Morgan fingerprint density at radius 3 is 3.00 bits per heavy atom. The van der Waals surface area contributed by atoms with Gasteiger partial charge in [-0.15, -0.1) is 0 Å². The highest BCUT2D eigenvalue weighted by Crippen LogP contribution is 2.13. The number of hydrogen-bond acceptors (Lipinski definition) is 1. The topological polar surface area (TPSA) is 12.0 Å². The molecule has 0 saturated carbocycles. The first-order valence-corrected chi connectivity index (χ1v) is 3.70. The maximum Gasteiger partial charge on any atom is 0.0894 e. The second-order valence-electron chi connectivity index (χ2n) is 2.69. The fourth-order valence-electron chi connectivity index (χ4n) is 1.33. The van der Waals surface area contributed by atoms with Gasteiger partial charge < -0.3 is 5.32 Å². The summed E-state index contributed by atoms with van der Waals surface area (Å²) in [6.45, 7) is 2.10. The molecule has 0 aliphatic carbocycles. The summed E-state index contributed by atoms with van der Waals surface area (Å²) in [5, 5.41) is 3.26. The third-order valence-electron chi connectivity index (χ3n) is 1.91. The van der Waals surface area contributed by atoms with Crippen LogP contribution in [0.1, 0.15) is 19.3 Å². The van der Waals surface area contributed by atoms with Gasteiger partial charge in [0.1, 0.15) is 0 Å². The average molecular weight is 131 g/mol. The van der Waals surface area contributed by atoms with Gasteiger partial charge in [-0.2, -0.15) is 0 Å². The number of rotatable bonds is 3. The molecule has 1 heterocycles. The van der Waals surface area contributed by atoms with E-state index in [1.807, 2.05) is 0 Å². The molecule has 1 saturated heterocycles. The highest BCUT2D eigenvalue weighted by Gasteiger charge is 2.12. The Labute approximate surface area is 55.6 Å². The van der Waals surface area contributed by atoms with Gasteiger partial charge in [0.25, 0.3) is 0 Å². The predicted octanol–water partition coefficient (Wildman–Crippen LogP) is 1.35. The van der Waals surface area contributed by atoms with Crippen molar-refractivity contribution in [2.24, 2.45) is 5.92 Å². The van der Waals surface area contributed by atoms with E-state index in [2.05, 4.69) is 5.32 Å². The van der Waals surface area contributed by atoms with Crippen molar-refractivity contribution in [2.75, 3.05) is 19.8 Å². The van der Waals surface area contributed by atoms with Crippen LogP contribution in [-0.2, 0) is 0 Å². The van der Waals surface area contributed by atoms with Gasteiger partial charge in [0.2, 0.25) is 0 Å². The average Bonchev–Trinajstić information content (AvgIpc) is 2.34. The minimum atomic E-state index is -0.142. The molecule has 1 N–H and O–H groups in total. The largest absolute Gasteiger partial charge is 0.316 e. The summed E-state index contributed by atoms with van der Waals surface area (Å²) in [6, 6.07) is 0. The highest BCUT2D eigenvalue weighted by atomic mass is 19.1. The van der Waals surface area contributed by atoms with E-state index in [1.54, 1.807) is 0 Å². The molecule has 1 aliphatic heterocycles. The zero-order valence-electron chi connectivity index (χ0n) is 5.70. The lowest BCUT2D eigenvalue weighted by atomic mass is 10.0. The Morgan fingerprint density at radius 1 is 1.56 bits per heavy atom. The summed E-state index contributed by atoms with van der Waals surface area (Å²) in [6.07, 6.45) is 3.08. The Kier molecular flexibility index (Phi) is 2.98. The molecule has 2 heteroatoms. The summed E-state index contributed by atoms with van der Waals surface area (Å²) in [4.78, 5) is 0. The summed E-state index contributed by atoms with van der Waals surface area (Å²) in [5.41, 5.74) is 0. The number of halogens is 1. The Hall–Kier alpha value is -0.110. The normalized spacial score (nSPS) is 27.0. The van der Waals surface area contributed by atoms with Crippen LogP contribution in [0.2, 0.25) is 0 Å². The van der Waals surface area contributed by atoms with Gasteiger partial charge in [-0.25, -0.2) is 0 Å². The van der Waals surface area contributed by atoms with Crippen molar-refractivity contribution >= 4 is 0 Å². The van der Waals surface area contributed by atoms with Crippen molar-refractivity contribution in [3.05, 3.63) is 0 Å². The minimum absolute atomic E-state index is 0.142. The fraction of sp³-hybridized carbons (Fsp3) is 1.00. The van der Waals surface area contributed by atoms with Crippen LogP contribution in [0, 0.1) is 5.92 Å². The molecule has 0 spiro atoms. The van der Waals surface area contributed by atoms with Crippen molar-refractivity contribution in [1.82, 2.24) is 5.32 Å². The van der Waals surface area contributed by atoms with Crippen LogP contribution in [0.4, 0.5) is 4.39 Å². The van der Waals surface area contributed by atoms with E-state index in [9.17, 15) is 4.39 Å². The molecule has 0 aromatic heterocycles. The Morgan fingerprint density at radius 2 is 2.44 bits per heavy atom. The van der Waals surface area contributed by atoms with E-state index >= 15 is 0 Å². The Balaban J connectivity index is 1.98. The first kappa shape index (κ1) is 7.00. The molecule has 0 unspecified atom stereocenters. The van der Waals surface area contributed by atoms with Crippen LogP contribution in [0.3, 0.4) is 0 Å². The fourth-order valence-corrected chi connectivity index (χ4v) is 1.33. The van der Waals surface area contributed by atoms with Gasteiger partial charge >= 0.3 is 0 Å². The third-order valence-corrected chi connectivity index (χ3v) is 1.91. The van der Waals surface area contributed by atoms with E-state index in [4.69, 9.17) is 0 Å². The molecule has 0 aromatic carbocycles. The van der Waals surface area contributed by atoms with Crippen molar-refractivity contribution in [2.45, 2.75) is 19.3 Å².